The lowest BCUT2D eigenvalue weighted by Crippen LogP contribution is -2.09. The number of esters is 1. The van der Waals surface area contributed by atoms with Crippen molar-refractivity contribution in [2.45, 2.75) is 33.3 Å². The van der Waals surface area contributed by atoms with Crippen molar-refractivity contribution in [1.82, 2.24) is 0 Å². The summed E-state index contributed by atoms with van der Waals surface area (Å²) < 4.78 is 21.4. The van der Waals surface area contributed by atoms with Crippen molar-refractivity contribution in [3.8, 4) is 5.75 Å². The summed E-state index contributed by atoms with van der Waals surface area (Å²) in [6, 6.07) is 5.72. The molecule has 0 amide bonds. The van der Waals surface area contributed by atoms with Crippen molar-refractivity contribution in [1.29, 1.82) is 0 Å². The van der Waals surface area contributed by atoms with Crippen LogP contribution in [-0.4, -0.2) is 33.1 Å². The molecule has 0 fully saturated rings. The van der Waals surface area contributed by atoms with E-state index in [0.29, 0.717) is 19.0 Å². The van der Waals surface area contributed by atoms with Crippen molar-refractivity contribution in [2.75, 3.05) is 27.1 Å². The number of benzene rings is 1. The third-order valence-corrected chi connectivity index (χ3v) is 3.27. The SMILES string of the molecule is CCOCO[C@H](CC)c1cccc(OC)c1/C=C/C(=O)OCC. The summed E-state index contributed by atoms with van der Waals surface area (Å²) in [5, 5.41) is 0. The van der Waals surface area contributed by atoms with E-state index in [4.69, 9.17) is 18.9 Å². The van der Waals surface area contributed by atoms with E-state index in [0.717, 1.165) is 17.5 Å². The van der Waals surface area contributed by atoms with Crippen LogP contribution in [0.15, 0.2) is 24.3 Å². The number of hydrogen-bond acceptors (Lipinski definition) is 5. The molecule has 0 radical (unpaired) electrons. The molecule has 1 atom stereocenters. The van der Waals surface area contributed by atoms with Crippen LogP contribution in [0.3, 0.4) is 0 Å². The Morgan fingerprint density at radius 2 is 2.00 bits per heavy atom. The first-order chi connectivity index (χ1) is 11.2. The van der Waals surface area contributed by atoms with E-state index >= 15 is 0 Å². The van der Waals surface area contributed by atoms with Gasteiger partial charge < -0.3 is 18.9 Å². The summed E-state index contributed by atoms with van der Waals surface area (Å²) in [6.45, 7) is 6.90. The highest BCUT2D eigenvalue weighted by atomic mass is 16.7. The molecule has 0 aliphatic carbocycles. The van der Waals surface area contributed by atoms with Gasteiger partial charge >= 0.3 is 5.97 Å². The van der Waals surface area contributed by atoms with Crippen LogP contribution in [0, 0.1) is 0 Å². The fourth-order valence-corrected chi connectivity index (χ4v) is 2.18. The van der Waals surface area contributed by atoms with Crippen LogP contribution >= 0.6 is 0 Å². The van der Waals surface area contributed by atoms with E-state index in [1.807, 2.05) is 32.0 Å². The van der Waals surface area contributed by atoms with E-state index < -0.39 is 0 Å². The Kier molecular flexibility index (Phi) is 9.02. The topological polar surface area (TPSA) is 54.0 Å². The molecule has 5 nitrogen and oxygen atoms in total. The minimum Gasteiger partial charge on any atom is -0.496 e. The number of hydrogen-bond donors (Lipinski definition) is 0. The van der Waals surface area contributed by atoms with Crippen molar-refractivity contribution < 1.29 is 23.7 Å². The predicted molar refractivity (Wildman–Crippen MR) is 89.3 cm³/mol. The van der Waals surface area contributed by atoms with Gasteiger partial charge in [-0.15, -0.1) is 0 Å². The van der Waals surface area contributed by atoms with E-state index in [1.54, 1.807) is 20.1 Å². The molecule has 0 N–H and O–H groups in total. The fraction of sp³-hybridized carbons (Fsp3) is 0.500. The molecule has 0 saturated heterocycles. The van der Waals surface area contributed by atoms with E-state index in [1.165, 1.54) is 6.08 Å². The molecule has 1 aromatic rings. The number of methoxy groups -OCH3 is 1. The average Bonchev–Trinajstić information content (AvgIpc) is 2.57. The summed E-state index contributed by atoms with van der Waals surface area (Å²) >= 11 is 0. The minimum absolute atomic E-state index is 0.140. The molecule has 0 bridgehead atoms. The van der Waals surface area contributed by atoms with Crippen molar-refractivity contribution in [2.24, 2.45) is 0 Å². The number of carbonyl (C=O) groups is 1. The molecule has 1 aromatic carbocycles. The van der Waals surface area contributed by atoms with Crippen LogP contribution in [0.1, 0.15) is 44.4 Å². The van der Waals surface area contributed by atoms with Gasteiger partial charge in [0.05, 0.1) is 19.8 Å². The van der Waals surface area contributed by atoms with Gasteiger partial charge in [-0.25, -0.2) is 4.79 Å². The molecule has 1 rings (SSSR count). The van der Waals surface area contributed by atoms with Gasteiger partial charge in [0.2, 0.25) is 0 Å². The monoisotopic (exact) mass is 322 g/mol. The first kappa shape index (κ1) is 19.2. The average molecular weight is 322 g/mol. The fourth-order valence-electron chi connectivity index (χ4n) is 2.18. The lowest BCUT2D eigenvalue weighted by atomic mass is 9.99. The summed E-state index contributed by atoms with van der Waals surface area (Å²) in [7, 11) is 1.60. The van der Waals surface area contributed by atoms with Gasteiger partial charge in [-0.3, -0.25) is 0 Å². The van der Waals surface area contributed by atoms with Crippen LogP contribution in [-0.2, 0) is 19.0 Å². The zero-order valence-corrected chi connectivity index (χ0v) is 14.3. The molecule has 0 saturated carbocycles. The number of carbonyl (C=O) groups excluding carboxylic acids is 1. The Labute approximate surface area is 138 Å². The van der Waals surface area contributed by atoms with Gasteiger partial charge in [0.15, 0.2) is 0 Å². The van der Waals surface area contributed by atoms with Crippen molar-refractivity contribution in [3.05, 3.63) is 35.4 Å². The van der Waals surface area contributed by atoms with Gasteiger partial charge in [0.1, 0.15) is 12.5 Å². The second kappa shape index (κ2) is 10.8. The molecule has 0 aromatic heterocycles. The molecule has 23 heavy (non-hydrogen) atoms. The Balaban J connectivity index is 3.07. The molecule has 0 aliphatic rings. The maximum absolute atomic E-state index is 11.6. The molecule has 128 valence electrons. The highest BCUT2D eigenvalue weighted by Crippen LogP contribution is 2.31. The molecule has 0 unspecified atom stereocenters. The second-order valence-corrected chi connectivity index (χ2v) is 4.72. The molecule has 0 heterocycles. The van der Waals surface area contributed by atoms with Gasteiger partial charge in [-0.1, -0.05) is 19.1 Å². The molecule has 0 spiro atoms. The third kappa shape index (κ3) is 6.04. The van der Waals surface area contributed by atoms with Gasteiger partial charge in [0, 0.05) is 18.2 Å². The summed E-state index contributed by atoms with van der Waals surface area (Å²) in [5.74, 6) is 0.300. The summed E-state index contributed by atoms with van der Waals surface area (Å²) in [4.78, 5) is 11.6. The van der Waals surface area contributed by atoms with E-state index in [-0.39, 0.29) is 18.9 Å². The first-order valence-corrected chi connectivity index (χ1v) is 7.88. The maximum atomic E-state index is 11.6. The highest BCUT2D eigenvalue weighted by molar-refractivity contribution is 5.88. The zero-order chi connectivity index (χ0) is 17.1. The second-order valence-electron chi connectivity index (χ2n) is 4.72. The standard InChI is InChI=1S/C18H26O5/c1-5-16(23-13-21-6-2)14-9-8-10-17(20-4)15(14)11-12-18(19)22-7-3/h8-12,16H,5-7,13H2,1-4H3/b12-11+/t16-/m1/s1. The molecular weight excluding hydrogens is 296 g/mol. The first-order valence-electron chi connectivity index (χ1n) is 7.88. The van der Waals surface area contributed by atoms with Crippen LogP contribution in [0.4, 0.5) is 0 Å². The highest BCUT2D eigenvalue weighted by Gasteiger charge is 2.16. The van der Waals surface area contributed by atoms with Crippen LogP contribution in [0.25, 0.3) is 6.08 Å². The Bertz CT molecular complexity index is 510. The Hall–Kier alpha value is -1.85. The van der Waals surface area contributed by atoms with E-state index in [9.17, 15) is 4.79 Å². The third-order valence-electron chi connectivity index (χ3n) is 3.27. The normalized spacial score (nSPS) is 12.3. The minimum atomic E-state index is -0.382. The Morgan fingerprint density at radius 1 is 1.22 bits per heavy atom. The maximum Gasteiger partial charge on any atom is 0.330 e. The van der Waals surface area contributed by atoms with Gasteiger partial charge in [-0.2, -0.15) is 0 Å². The largest absolute Gasteiger partial charge is 0.496 e. The van der Waals surface area contributed by atoms with Crippen molar-refractivity contribution in [3.63, 3.8) is 0 Å². The molecule has 5 heteroatoms. The predicted octanol–water partition coefficient (Wildman–Crippen LogP) is 3.73. The van der Waals surface area contributed by atoms with Crippen LogP contribution in [0.5, 0.6) is 5.75 Å². The summed E-state index contributed by atoms with van der Waals surface area (Å²) in [6.07, 6.45) is 3.75. The zero-order valence-electron chi connectivity index (χ0n) is 14.3. The lowest BCUT2D eigenvalue weighted by Gasteiger charge is -2.20. The van der Waals surface area contributed by atoms with Crippen molar-refractivity contribution >= 4 is 12.0 Å². The molecule has 0 aliphatic heterocycles. The number of rotatable bonds is 10. The van der Waals surface area contributed by atoms with Gasteiger partial charge in [-0.05, 0) is 38.0 Å². The van der Waals surface area contributed by atoms with Gasteiger partial charge in [0.25, 0.3) is 0 Å². The number of ether oxygens (including phenoxy) is 4. The smallest absolute Gasteiger partial charge is 0.330 e. The Morgan fingerprint density at radius 3 is 2.61 bits per heavy atom. The summed E-state index contributed by atoms with van der Waals surface area (Å²) in [5.41, 5.74) is 1.76. The molecular formula is C18H26O5. The van der Waals surface area contributed by atoms with Crippen LogP contribution in [0.2, 0.25) is 0 Å². The quantitative estimate of drug-likeness (QED) is 0.284. The van der Waals surface area contributed by atoms with Crippen LogP contribution < -0.4 is 4.74 Å². The lowest BCUT2D eigenvalue weighted by molar-refractivity contribution is -0.137. The van der Waals surface area contributed by atoms with E-state index in [2.05, 4.69) is 0 Å².